The minimum Gasteiger partial charge on any atom is -0.435 e. The number of rotatable bonds is 4. The number of nitrogens with zero attached hydrogens (tertiary/aromatic N) is 1. The molecule has 0 fully saturated rings. The maximum Gasteiger partial charge on any atom is 0.387 e. The summed E-state index contributed by atoms with van der Waals surface area (Å²) in [6, 6.07) is 6.20. The van der Waals surface area contributed by atoms with Gasteiger partial charge in [0, 0.05) is 13.6 Å². The van der Waals surface area contributed by atoms with E-state index in [4.69, 9.17) is 5.21 Å². The molecule has 1 N–H and O–H groups in total. The summed E-state index contributed by atoms with van der Waals surface area (Å²) in [6.07, 6.45) is 0. The normalized spacial score (nSPS) is 11.0. The molecule has 0 saturated carbocycles. The van der Waals surface area contributed by atoms with Gasteiger partial charge in [-0.2, -0.15) is 13.8 Å². The Labute approximate surface area is 80.5 Å². The van der Waals surface area contributed by atoms with Gasteiger partial charge in [0.15, 0.2) is 0 Å². The van der Waals surface area contributed by atoms with Gasteiger partial charge in [0.1, 0.15) is 5.75 Å². The third kappa shape index (κ3) is 3.68. The summed E-state index contributed by atoms with van der Waals surface area (Å²) >= 11 is 0. The zero-order valence-corrected chi connectivity index (χ0v) is 7.65. The molecule has 0 aliphatic heterocycles. The minimum atomic E-state index is -2.82. The van der Waals surface area contributed by atoms with Gasteiger partial charge in [-0.15, -0.1) is 0 Å². The lowest BCUT2D eigenvalue weighted by Crippen LogP contribution is -2.11. The maximum absolute atomic E-state index is 11.8. The van der Waals surface area contributed by atoms with Crippen LogP contribution in [0, 0.1) is 0 Å². The van der Waals surface area contributed by atoms with Crippen molar-refractivity contribution in [3.8, 4) is 5.75 Å². The number of alkyl halides is 2. The smallest absolute Gasteiger partial charge is 0.387 e. The molecule has 0 bridgehead atoms. The third-order valence-electron chi connectivity index (χ3n) is 1.54. The zero-order valence-electron chi connectivity index (χ0n) is 7.65. The van der Waals surface area contributed by atoms with Gasteiger partial charge in [-0.3, -0.25) is 0 Å². The van der Waals surface area contributed by atoms with Gasteiger partial charge < -0.3 is 9.94 Å². The van der Waals surface area contributed by atoms with E-state index in [1.807, 2.05) is 0 Å². The fraction of sp³-hybridized carbons (Fsp3) is 0.333. The van der Waals surface area contributed by atoms with E-state index in [1.54, 1.807) is 12.1 Å². The van der Waals surface area contributed by atoms with Crippen LogP contribution in [-0.2, 0) is 6.54 Å². The molecule has 0 aliphatic rings. The summed E-state index contributed by atoms with van der Waals surface area (Å²) in [5.41, 5.74) is 0.702. The van der Waals surface area contributed by atoms with Crippen LogP contribution in [0.5, 0.6) is 5.75 Å². The van der Waals surface area contributed by atoms with E-state index in [0.717, 1.165) is 5.06 Å². The third-order valence-corrected chi connectivity index (χ3v) is 1.54. The largest absolute Gasteiger partial charge is 0.435 e. The Morgan fingerprint density at radius 2 is 2.21 bits per heavy atom. The average Bonchev–Trinajstić information content (AvgIpc) is 2.01. The van der Waals surface area contributed by atoms with Gasteiger partial charge in [-0.05, 0) is 17.7 Å². The Balaban J connectivity index is 2.68. The average molecular weight is 203 g/mol. The first-order chi connectivity index (χ1) is 6.58. The fourth-order valence-corrected chi connectivity index (χ4v) is 1.08. The van der Waals surface area contributed by atoms with E-state index in [2.05, 4.69) is 4.74 Å². The van der Waals surface area contributed by atoms with Crippen molar-refractivity contribution in [1.29, 1.82) is 0 Å². The predicted molar refractivity (Wildman–Crippen MR) is 46.3 cm³/mol. The molecule has 1 aromatic carbocycles. The first-order valence-corrected chi connectivity index (χ1v) is 4.01. The van der Waals surface area contributed by atoms with Crippen LogP contribution >= 0.6 is 0 Å². The number of ether oxygens (including phenoxy) is 1. The molecule has 0 atom stereocenters. The topological polar surface area (TPSA) is 32.7 Å². The molecular weight excluding hydrogens is 192 g/mol. The summed E-state index contributed by atoms with van der Waals surface area (Å²) in [7, 11) is 1.47. The van der Waals surface area contributed by atoms with Gasteiger partial charge in [-0.1, -0.05) is 12.1 Å². The van der Waals surface area contributed by atoms with E-state index in [0.29, 0.717) is 5.56 Å². The molecule has 1 aromatic rings. The van der Waals surface area contributed by atoms with Crippen LogP contribution in [0.1, 0.15) is 5.56 Å². The Bertz CT molecular complexity index is 267. The maximum atomic E-state index is 11.8. The van der Waals surface area contributed by atoms with Crippen molar-refractivity contribution in [2.24, 2.45) is 0 Å². The van der Waals surface area contributed by atoms with Crippen molar-refractivity contribution >= 4 is 0 Å². The molecule has 0 saturated heterocycles. The second kappa shape index (κ2) is 4.88. The molecule has 78 valence electrons. The van der Waals surface area contributed by atoms with E-state index in [-0.39, 0.29) is 12.3 Å². The van der Waals surface area contributed by atoms with Crippen molar-refractivity contribution in [3.63, 3.8) is 0 Å². The molecule has 0 aliphatic carbocycles. The molecule has 1 rings (SSSR count). The summed E-state index contributed by atoms with van der Waals surface area (Å²) in [5, 5.41) is 9.88. The van der Waals surface area contributed by atoms with Gasteiger partial charge in [0.2, 0.25) is 0 Å². The first-order valence-electron chi connectivity index (χ1n) is 4.01. The molecule has 14 heavy (non-hydrogen) atoms. The standard InChI is InChI=1S/C9H11F2NO2/c1-12(13)6-7-3-2-4-8(5-7)14-9(10)11/h2-5,9,13H,6H2,1H3. The lowest BCUT2D eigenvalue weighted by Gasteiger charge is -2.09. The Morgan fingerprint density at radius 3 is 2.79 bits per heavy atom. The molecule has 0 spiro atoms. The highest BCUT2D eigenvalue weighted by Crippen LogP contribution is 2.16. The van der Waals surface area contributed by atoms with E-state index in [9.17, 15) is 8.78 Å². The van der Waals surface area contributed by atoms with Gasteiger partial charge in [0.25, 0.3) is 0 Å². The van der Waals surface area contributed by atoms with E-state index < -0.39 is 6.61 Å². The SMILES string of the molecule is CN(O)Cc1cccc(OC(F)F)c1. The summed E-state index contributed by atoms with van der Waals surface area (Å²) in [6.45, 7) is -2.56. The summed E-state index contributed by atoms with van der Waals surface area (Å²) in [4.78, 5) is 0. The molecular formula is C9H11F2NO2. The lowest BCUT2D eigenvalue weighted by atomic mass is 10.2. The monoisotopic (exact) mass is 203 g/mol. The van der Waals surface area contributed by atoms with Crippen LogP contribution in [0.25, 0.3) is 0 Å². The quantitative estimate of drug-likeness (QED) is 0.761. The highest BCUT2D eigenvalue weighted by atomic mass is 19.3. The molecule has 0 amide bonds. The van der Waals surface area contributed by atoms with Crippen LogP contribution in [0.3, 0.4) is 0 Å². The van der Waals surface area contributed by atoms with Crippen molar-refractivity contribution in [2.45, 2.75) is 13.2 Å². The van der Waals surface area contributed by atoms with Crippen LogP contribution in [-0.4, -0.2) is 23.9 Å². The molecule has 0 unspecified atom stereocenters. The minimum absolute atomic E-state index is 0.0966. The van der Waals surface area contributed by atoms with Crippen molar-refractivity contribution < 1.29 is 18.7 Å². The molecule has 5 heteroatoms. The van der Waals surface area contributed by atoms with Crippen LogP contribution < -0.4 is 4.74 Å². The zero-order chi connectivity index (χ0) is 10.6. The Hall–Kier alpha value is -1.20. The van der Waals surface area contributed by atoms with Gasteiger partial charge >= 0.3 is 6.61 Å². The number of halogens is 2. The van der Waals surface area contributed by atoms with Crippen LogP contribution in [0.15, 0.2) is 24.3 Å². The summed E-state index contributed by atoms with van der Waals surface area (Å²) in [5.74, 6) is 0.0966. The predicted octanol–water partition coefficient (Wildman–Crippen LogP) is 2.11. The molecule has 0 aromatic heterocycles. The molecule has 0 radical (unpaired) electrons. The Morgan fingerprint density at radius 1 is 1.50 bits per heavy atom. The number of hydroxylamine groups is 2. The van der Waals surface area contributed by atoms with Gasteiger partial charge in [-0.25, -0.2) is 0 Å². The number of hydrogen-bond donors (Lipinski definition) is 1. The van der Waals surface area contributed by atoms with Crippen LogP contribution in [0.4, 0.5) is 8.78 Å². The lowest BCUT2D eigenvalue weighted by molar-refractivity contribution is -0.0733. The van der Waals surface area contributed by atoms with Crippen molar-refractivity contribution in [3.05, 3.63) is 29.8 Å². The number of hydrogen-bond acceptors (Lipinski definition) is 3. The highest BCUT2D eigenvalue weighted by Gasteiger charge is 2.04. The molecule has 0 heterocycles. The molecule has 3 nitrogen and oxygen atoms in total. The van der Waals surface area contributed by atoms with Crippen molar-refractivity contribution in [2.75, 3.05) is 7.05 Å². The highest BCUT2D eigenvalue weighted by molar-refractivity contribution is 5.28. The second-order valence-electron chi connectivity index (χ2n) is 2.84. The van der Waals surface area contributed by atoms with Crippen LogP contribution in [0.2, 0.25) is 0 Å². The number of benzene rings is 1. The van der Waals surface area contributed by atoms with E-state index >= 15 is 0 Å². The first kappa shape index (κ1) is 10.9. The van der Waals surface area contributed by atoms with E-state index in [1.165, 1.54) is 19.2 Å². The fourth-order valence-electron chi connectivity index (χ4n) is 1.08. The van der Waals surface area contributed by atoms with Crippen molar-refractivity contribution in [1.82, 2.24) is 5.06 Å². The summed E-state index contributed by atoms with van der Waals surface area (Å²) < 4.78 is 27.9. The van der Waals surface area contributed by atoms with Gasteiger partial charge in [0.05, 0.1) is 0 Å². The second-order valence-corrected chi connectivity index (χ2v) is 2.84. The Kier molecular flexibility index (Phi) is 3.79.